The van der Waals surface area contributed by atoms with Crippen molar-refractivity contribution >= 4 is 17.4 Å². The Morgan fingerprint density at radius 3 is 2.62 bits per heavy atom. The third-order valence-corrected chi connectivity index (χ3v) is 4.87. The molecule has 0 radical (unpaired) electrons. The average molecular weight is 388 g/mol. The molecule has 0 bridgehead atoms. The molecule has 0 saturated carbocycles. The summed E-state index contributed by atoms with van der Waals surface area (Å²) >= 11 is 0. The van der Waals surface area contributed by atoms with E-state index in [0.29, 0.717) is 19.6 Å². The number of aromatic nitrogens is 2. The van der Waals surface area contributed by atoms with Crippen LogP contribution in [0.15, 0.2) is 60.7 Å². The summed E-state index contributed by atoms with van der Waals surface area (Å²) in [5.74, 6) is 0.821. The molecule has 1 saturated heterocycles. The number of ether oxygens (including phenoxy) is 1. The van der Waals surface area contributed by atoms with E-state index in [4.69, 9.17) is 4.74 Å². The van der Waals surface area contributed by atoms with Gasteiger partial charge in [0.1, 0.15) is 0 Å². The van der Waals surface area contributed by atoms with E-state index in [0.717, 1.165) is 47.0 Å². The molecule has 1 aromatic heterocycles. The first-order valence-corrected chi connectivity index (χ1v) is 9.80. The molecule has 0 spiro atoms. The fourth-order valence-corrected chi connectivity index (χ4v) is 3.41. The van der Waals surface area contributed by atoms with Gasteiger partial charge >= 0.3 is 0 Å². The van der Waals surface area contributed by atoms with E-state index in [-0.39, 0.29) is 5.91 Å². The predicted octanol–water partition coefficient (Wildman–Crippen LogP) is 3.47. The first kappa shape index (κ1) is 19.1. The zero-order valence-electron chi connectivity index (χ0n) is 16.5. The second-order valence-electron chi connectivity index (χ2n) is 7.17. The summed E-state index contributed by atoms with van der Waals surface area (Å²) in [6.45, 7) is 5.12. The van der Waals surface area contributed by atoms with Crippen molar-refractivity contribution in [3.8, 4) is 11.3 Å². The van der Waals surface area contributed by atoms with Crippen LogP contribution in [0.2, 0.25) is 0 Å². The van der Waals surface area contributed by atoms with Crippen LogP contribution >= 0.6 is 0 Å². The Labute approximate surface area is 170 Å². The van der Waals surface area contributed by atoms with Crippen molar-refractivity contribution in [2.45, 2.75) is 13.3 Å². The summed E-state index contributed by atoms with van der Waals surface area (Å²) in [6, 6.07) is 19.6. The minimum Gasteiger partial charge on any atom is -0.378 e. The first-order chi connectivity index (χ1) is 14.2. The Morgan fingerprint density at radius 2 is 1.86 bits per heavy atom. The van der Waals surface area contributed by atoms with Gasteiger partial charge in [0.25, 0.3) is 0 Å². The molecule has 4 rings (SSSR count). The van der Waals surface area contributed by atoms with E-state index in [1.54, 1.807) is 0 Å². The number of amides is 1. The lowest BCUT2D eigenvalue weighted by atomic mass is 10.1. The van der Waals surface area contributed by atoms with Gasteiger partial charge in [-0.2, -0.15) is 0 Å². The molecule has 1 aliphatic heterocycles. The third kappa shape index (κ3) is 4.97. The standard InChI is InChI=1S/C23H24N4O2/c1-17-4-2-5-18(14-17)15-23(28)24-20-7-3-6-19(16-20)21-8-9-22(26-25-21)27-10-12-29-13-11-27/h2-9,14,16H,10-13,15H2,1H3,(H,24,28). The number of anilines is 2. The van der Waals surface area contributed by atoms with E-state index in [9.17, 15) is 4.79 Å². The largest absolute Gasteiger partial charge is 0.378 e. The van der Waals surface area contributed by atoms with Crippen molar-refractivity contribution in [3.05, 3.63) is 71.8 Å². The molecular formula is C23H24N4O2. The fraction of sp³-hybridized carbons (Fsp3) is 0.261. The molecule has 3 aromatic rings. The molecule has 6 nitrogen and oxygen atoms in total. The van der Waals surface area contributed by atoms with Crippen molar-refractivity contribution in [1.29, 1.82) is 0 Å². The van der Waals surface area contributed by atoms with Crippen LogP contribution in [0.5, 0.6) is 0 Å². The van der Waals surface area contributed by atoms with Crippen LogP contribution < -0.4 is 10.2 Å². The molecule has 0 aliphatic carbocycles. The quantitative estimate of drug-likeness (QED) is 0.725. The second-order valence-corrected chi connectivity index (χ2v) is 7.17. The average Bonchev–Trinajstić information content (AvgIpc) is 2.75. The van der Waals surface area contributed by atoms with Crippen molar-refractivity contribution < 1.29 is 9.53 Å². The second kappa shape index (κ2) is 8.84. The Morgan fingerprint density at radius 1 is 1.03 bits per heavy atom. The van der Waals surface area contributed by atoms with Gasteiger partial charge in [-0.05, 0) is 36.8 Å². The molecule has 0 atom stereocenters. The highest BCUT2D eigenvalue weighted by atomic mass is 16.5. The Balaban J connectivity index is 1.43. The van der Waals surface area contributed by atoms with Crippen LogP contribution in [-0.2, 0) is 16.0 Å². The van der Waals surface area contributed by atoms with Crippen molar-refractivity contribution in [2.24, 2.45) is 0 Å². The first-order valence-electron chi connectivity index (χ1n) is 9.80. The molecule has 29 heavy (non-hydrogen) atoms. The van der Waals surface area contributed by atoms with Crippen LogP contribution in [0.1, 0.15) is 11.1 Å². The zero-order valence-corrected chi connectivity index (χ0v) is 16.5. The van der Waals surface area contributed by atoms with Gasteiger partial charge in [0.05, 0.1) is 25.3 Å². The molecule has 2 aromatic carbocycles. The van der Waals surface area contributed by atoms with Gasteiger partial charge in [-0.1, -0.05) is 42.0 Å². The number of nitrogens with zero attached hydrogens (tertiary/aromatic N) is 3. The normalized spacial score (nSPS) is 13.9. The summed E-state index contributed by atoms with van der Waals surface area (Å²) in [4.78, 5) is 14.6. The molecule has 1 aliphatic rings. The maximum Gasteiger partial charge on any atom is 0.228 e. The minimum atomic E-state index is -0.0403. The topological polar surface area (TPSA) is 67.4 Å². The predicted molar refractivity (Wildman–Crippen MR) is 114 cm³/mol. The smallest absolute Gasteiger partial charge is 0.228 e. The molecule has 148 valence electrons. The van der Waals surface area contributed by atoms with Gasteiger partial charge in [-0.25, -0.2) is 0 Å². The zero-order chi connectivity index (χ0) is 20.1. The van der Waals surface area contributed by atoms with E-state index < -0.39 is 0 Å². The number of benzene rings is 2. The number of nitrogens with one attached hydrogen (secondary N) is 1. The summed E-state index contributed by atoms with van der Waals surface area (Å²) in [5, 5.41) is 11.7. The van der Waals surface area contributed by atoms with E-state index in [1.807, 2.05) is 67.6 Å². The third-order valence-electron chi connectivity index (χ3n) is 4.87. The lowest BCUT2D eigenvalue weighted by Crippen LogP contribution is -2.36. The number of morpholine rings is 1. The number of hydrogen-bond acceptors (Lipinski definition) is 5. The van der Waals surface area contributed by atoms with Gasteiger partial charge in [-0.3, -0.25) is 4.79 Å². The monoisotopic (exact) mass is 388 g/mol. The van der Waals surface area contributed by atoms with Crippen molar-refractivity contribution in [2.75, 3.05) is 36.5 Å². The Hall–Kier alpha value is -3.25. The Kier molecular flexibility index (Phi) is 5.81. The van der Waals surface area contributed by atoms with Crippen LogP contribution in [0.4, 0.5) is 11.5 Å². The molecule has 6 heteroatoms. The number of rotatable bonds is 5. The highest BCUT2D eigenvalue weighted by Crippen LogP contribution is 2.22. The maximum absolute atomic E-state index is 12.4. The SMILES string of the molecule is Cc1cccc(CC(=O)Nc2cccc(-c3ccc(N4CCOCC4)nn3)c2)c1. The molecule has 1 N–H and O–H groups in total. The van der Waals surface area contributed by atoms with E-state index in [1.165, 1.54) is 0 Å². The molecule has 1 amide bonds. The van der Waals surface area contributed by atoms with Crippen molar-refractivity contribution in [3.63, 3.8) is 0 Å². The van der Waals surface area contributed by atoms with Crippen LogP contribution in [-0.4, -0.2) is 42.4 Å². The lowest BCUT2D eigenvalue weighted by molar-refractivity contribution is -0.115. The summed E-state index contributed by atoms with van der Waals surface area (Å²) in [6.07, 6.45) is 0.347. The Bertz CT molecular complexity index is 982. The number of hydrogen-bond donors (Lipinski definition) is 1. The lowest BCUT2D eigenvalue weighted by Gasteiger charge is -2.27. The summed E-state index contributed by atoms with van der Waals surface area (Å²) in [5.41, 5.74) is 4.59. The fourth-order valence-electron chi connectivity index (χ4n) is 3.41. The van der Waals surface area contributed by atoms with Crippen LogP contribution in [0, 0.1) is 6.92 Å². The van der Waals surface area contributed by atoms with Gasteiger partial charge in [0, 0.05) is 24.3 Å². The summed E-state index contributed by atoms with van der Waals surface area (Å²) < 4.78 is 5.38. The van der Waals surface area contributed by atoms with Crippen molar-refractivity contribution in [1.82, 2.24) is 10.2 Å². The van der Waals surface area contributed by atoms with Crippen LogP contribution in [0.3, 0.4) is 0 Å². The number of aryl methyl sites for hydroxylation is 1. The summed E-state index contributed by atoms with van der Waals surface area (Å²) in [7, 11) is 0. The highest BCUT2D eigenvalue weighted by molar-refractivity contribution is 5.92. The molecule has 0 unspecified atom stereocenters. The van der Waals surface area contributed by atoms with E-state index in [2.05, 4.69) is 20.4 Å². The van der Waals surface area contributed by atoms with E-state index >= 15 is 0 Å². The van der Waals surface area contributed by atoms with Gasteiger partial charge in [-0.15, -0.1) is 10.2 Å². The highest BCUT2D eigenvalue weighted by Gasteiger charge is 2.13. The minimum absolute atomic E-state index is 0.0403. The molecular weight excluding hydrogens is 364 g/mol. The number of carbonyl (C=O) groups is 1. The molecule has 2 heterocycles. The van der Waals surface area contributed by atoms with Gasteiger partial charge in [0.2, 0.25) is 5.91 Å². The van der Waals surface area contributed by atoms with Gasteiger partial charge in [0.15, 0.2) is 5.82 Å². The van der Waals surface area contributed by atoms with Crippen LogP contribution in [0.25, 0.3) is 11.3 Å². The van der Waals surface area contributed by atoms with Gasteiger partial charge < -0.3 is 15.0 Å². The molecule has 1 fully saturated rings. The number of carbonyl (C=O) groups excluding carboxylic acids is 1. The maximum atomic E-state index is 12.4.